The van der Waals surface area contributed by atoms with Crippen molar-refractivity contribution < 1.29 is 9.53 Å². The summed E-state index contributed by atoms with van der Waals surface area (Å²) < 4.78 is 5.81. The summed E-state index contributed by atoms with van der Waals surface area (Å²) in [7, 11) is 0. The Balaban J connectivity index is 0.00000529. The van der Waals surface area contributed by atoms with E-state index in [1.807, 2.05) is 6.92 Å². The number of aryl methyl sites for hydroxylation is 2. The van der Waals surface area contributed by atoms with Crippen molar-refractivity contribution in [1.82, 2.24) is 5.32 Å². The molecule has 1 amide bonds. The fraction of sp³-hybridized carbons (Fsp3) is 0.632. The van der Waals surface area contributed by atoms with Crippen LogP contribution in [0.2, 0.25) is 0 Å². The Morgan fingerprint density at radius 2 is 1.88 bits per heavy atom. The zero-order valence-electron chi connectivity index (χ0n) is 15.5. The van der Waals surface area contributed by atoms with Crippen LogP contribution in [0.1, 0.15) is 57.1 Å². The van der Waals surface area contributed by atoms with Gasteiger partial charge in [0.1, 0.15) is 5.75 Å². The SMILES string of the molecule is CCC(CC)(CN)NC(=O)CCCCOc1cc(C)ccc1C.Cl. The van der Waals surface area contributed by atoms with E-state index >= 15 is 0 Å². The van der Waals surface area contributed by atoms with Gasteiger partial charge in [0.05, 0.1) is 12.1 Å². The number of carbonyl (C=O) groups excluding carboxylic acids is 1. The molecule has 0 radical (unpaired) electrons. The van der Waals surface area contributed by atoms with Crippen LogP contribution in [0.4, 0.5) is 0 Å². The second-order valence-electron chi connectivity index (χ2n) is 6.31. The first kappa shape index (κ1) is 22.7. The minimum Gasteiger partial charge on any atom is -0.493 e. The van der Waals surface area contributed by atoms with Gasteiger partial charge in [0, 0.05) is 13.0 Å². The normalized spacial score (nSPS) is 10.9. The van der Waals surface area contributed by atoms with Gasteiger partial charge in [0.25, 0.3) is 0 Å². The van der Waals surface area contributed by atoms with Crippen molar-refractivity contribution in [3.05, 3.63) is 29.3 Å². The molecule has 0 atom stereocenters. The highest BCUT2D eigenvalue weighted by Crippen LogP contribution is 2.19. The number of nitrogens with one attached hydrogen (secondary N) is 1. The smallest absolute Gasteiger partial charge is 0.220 e. The molecule has 0 fully saturated rings. The van der Waals surface area contributed by atoms with Gasteiger partial charge in [-0.3, -0.25) is 4.79 Å². The minimum absolute atomic E-state index is 0. The molecule has 0 saturated heterocycles. The molecule has 1 aromatic carbocycles. The molecule has 0 aliphatic rings. The number of carbonyl (C=O) groups is 1. The second kappa shape index (κ2) is 11.3. The monoisotopic (exact) mass is 356 g/mol. The standard InChI is InChI=1S/C19H32N2O2.ClH/c1-5-19(6-2,14-20)21-18(22)9-7-8-12-23-17-13-15(3)10-11-16(17)4;/h10-11,13H,5-9,12,14,20H2,1-4H3,(H,21,22);1H. The molecule has 3 N–H and O–H groups in total. The molecule has 1 aromatic rings. The lowest BCUT2D eigenvalue weighted by molar-refractivity contribution is -0.123. The summed E-state index contributed by atoms with van der Waals surface area (Å²) in [6.45, 7) is 9.36. The van der Waals surface area contributed by atoms with E-state index < -0.39 is 0 Å². The molecule has 0 saturated carbocycles. The van der Waals surface area contributed by atoms with Crippen LogP contribution in [0.15, 0.2) is 18.2 Å². The Labute approximate surface area is 152 Å². The molecule has 0 aliphatic heterocycles. The summed E-state index contributed by atoms with van der Waals surface area (Å²) in [5.41, 5.74) is 7.91. The van der Waals surface area contributed by atoms with Crippen molar-refractivity contribution in [1.29, 1.82) is 0 Å². The molecular weight excluding hydrogens is 324 g/mol. The third-order valence-corrected chi connectivity index (χ3v) is 4.55. The van der Waals surface area contributed by atoms with Gasteiger partial charge >= 0.3 is 0 Å². The van der Waals surface area contributed by atoms with Crippen molar-refractivity contribution in [2.75, 3.05) is 13.2 Å². The van der Waals surface area contributed by atoms with Gasteiger partial charge in [-0.1, -0.05) is 26.0 Å². The first-order valence-corrected chi connectivity index (χ1v) is 8.67. The maximum atomic E-state index is 12.1. The largest absolute Gasteiger partial charge is 0.493 e. The predicted molar refractivity (Wildman–Crippen MR) is 103 cm³/mol. The first-order chi connectivity index (χ1) is 11.0. The Hall–Kier alpha value is -1.26. The molecule has 0 unspecified atom stereocenters. The predicted octanol–water partition coefficient (Wildman–Crippen LogP) is 3.91. The number of halogens is 1. The molecule has 138 valence electrons. The van der Waals surface area contributed by atoms with E-state index in [-0.39, 0.29) is 23.9 Å². The molecular formula is C19H33ClN2O2. The summed E-state index contributed by atoms with van der Waals surface area (Å²) in [6, 6.07) is 6.21. The highest BCUT2D eigenvalue weighted by atomic mass is 35.5. The lowest BCUT2D eigenvalue weighted by Crippen LogP contribution is -2.52. The molecule has 0 heterocycles. The van der Waals surface area contributed by atoms with Crippen molar-refractivity contribution in [3.63, 3.8) is 0 Å². The highest BCUT2D eigenvalue weighted by molar-refractivity contribution is 5.85. The lowest BCUT2D eigenvalue weighted by Gasteiger charge is -2.31. The number of nitrogens with two attached hydrogens (primary N) is 1. The van der Waals surface area contributed by atoms with Gasteiger partial charge in [-0.15, -0.1) is 12.4 Å². The molecule has 24 heavy (non-hydrogen) atoms. The van der Waals surface area contributed by atoms with E-state index in [0.717, 1.165) is 37.0 Å². The number of hydrogen-bond acceptors (Lipinski definition) is 3. The van der Waals surface area contributed by atoms with Crippen LogP contribution in [-0.2, 0) is 4.79 Å². The third kappa shape index (κ3) is 7.10. The number of rotatable bonds is 10. The van der Waals surface area contributed by atoms with E-state index in [1.165, 1.54) is 5.56 Å². The van der Waals surface area contributed by atoms with Gasteiger partial charge in [-0.25, -0.2) is 0 Å². The van der Waals surface area contributed by atoms with Crippen LogP contribution >= 0.6 is 12.4 Å². The minimum atomic E-state index is -0.244. The van der Waals surface area contributed by atoms with Crippen LogP contribution < -0.4 is 15.8 Å². The van der Waals surface area contributed by atoms with Crippen molar-refractivity contribution in [2.24, 2.45) is 5.73 Å². The number of unbranched alkanes of at least 4 members (excludes halogenated alkanes) is 1. The Bertz CT molecular complexity index is 494. The molecule has 0 aromatic heterocycles. The van der Waals surface area contributed by atoms with Gasteiger partial charge in [0.15, 0.2) is 0 Å². The fourth-order valence-electron chi connectivity index (χ4n) is 2.56. The third-order valence-electron chi connectivity index (χ3n) is 4.55. The molecule has 0 spiro atoms. The van der Waals surface area contributed by atoms with Gasteiger partial charge in [-0.05, 0) is 56.7 Å². The number of ether oxygens (including phenoxy) is 1. The number of benzene rings is 1. The number of hydrogen-bond donors (Lipinski definition) is 2. The maximum Gasteiger partial charge on any atom is 0.220 e. The Kier molecular flexibility index (Phi) is 10.7. The molecule has 0 bridgehead atoms. The maximum absolute atomic E-state index is 12.1. The Morgan fingerprint density at radius 3 is 2.46 bits per heavy atom. The van der Waals surface area contributed by atoms with Crippen LogP contribution in [0.5, 0.6) is 5.75 Å². The molecule has 0 aliphatic carbocycles. The Morgan fingerprint density at radius 1 is 1.21 bits per heavy atom. The van der Waals surface area contributed by atoms with E-state index in [2.05, 4.69) is 44.3 Å². The second-order valence-corrected chi connectivity index (χ2v) is 6.31. The lowest BCUT2D eigenvalue weighted by atomic mass is 9.92. The van der Waals surface area contributed by atoms with Crippen molar-refractivity contribution in [2.45, 2.75) is 65.3 Å². The molecule has 5 heteroatoms. The van der Waals surface area contributed by atoms with Crippen LogP contribution in [0.25, 0.3) is 0 Å². The zero-order chi connectivity index (χ0) is 17.3. The average molecular weight is 357 g/mol. The van der Waals surface area contributed by atoms with Crippen LogP contribution in [0, 0.1) is 13.8 Å². The highest BCUT2D eigenvalue weighted by Gasteiger charge is 2.25. The van der Waals surface area contributed by atoms with E-state index in [9.17, 15) is 4.79 Å². The quantitative estimate of drug-likeness (QED) is 0.625. The van der Waals surface area contributed by atoms with E-state index in [0.29, 0.717) is 19.6 Å². The fourth-order valence-corrected chi connectivity index (χ4v) is 2.56. The summed E-state index contributed by atoms with van der Waals surface area (Å²) in [6.07, 6.45) is 3.94. The van der Waals surface area contributed by atoms with E-state index in [4.69, 9.17) is 10.5 Å². The molecule has 1 rings (SSSR count). The summed E-state index contributed by atoms with van der Waals surface area (Å²) in [5.74, 6) is 1.03. The average Bonchev–Trinajstić information content (AvgIpc) is 2.55. The zero-order valence-corrected chi connectivity index (χ0v) is 16.3. The summed E-state index contributed by atoms with van der Waals surface area (Å²) in [5, 5.41) is 3.10. The van der Waals surface area contributed by atoms with Gasteiger partial charge in [-0.2, -0.15) is 0 Å². The topological polar surface area (TPSA) is 64.3 Å². The number of amides is 1. The first-order valence-electron chi connectivity index (χ1n) is 8.67. The van der Waals surface area contributed by atoms with Crippen molar-refractivity contribution >= 4 is 18.3 Å². The van der Waals surface area contributed by atoms with Crippen LogP contribution in [-0.4, -0.2) is 24.6 Å². The van der Waals surface area contributed by atoms with Gasteiger partial charge < -0.3 is 15.8 Å². The van der Waals surface area contributed by atoms with E-state index in [1.54, 1.807) is 0 Å². The van der Waals surface area contributed by atoms with Crippen LogP contribution in [0.3, 0.4) is 0 Å². The van der Waals surface area contributed by atoms with Crippen molar-refractivity contribution in [3.8, 4) is 5.75 Å². The van der Waals surface area contributed by atoms with Gasteiger partial charge in [0.2, 0.25) is 5.91 Å². The summed E-state index contributed by atoms with van der Waals surface area (Å²) >= 11 is 0. The molecule has 4 nitrogen and oxygen atoms in total. The summed E-state index contributed by atoms with van der Waals surface area (Å²) in [4.78, 5) is 12.1.